The minimum Gasteiger partial charge on any atom is -0.393 e. The van der Waals surface area contributed by atoms with E-state index >= 15 is 0 Å². The highest BCUT2D eigenvalue weighted by atomic mass is 32.1. The summed E-state index contributed by atoms with van der Waals surface area (Å²) in [6, 6.07) is 8.30. The summed E-state index contributed by atoms with van der Waals surface area (Å²) in [5.41, 5.74) is 2.35. The molecular weight excluding hydrogens is 258 g/mol. The average Bonchev–Trinajstić information content (AvgIpc) is 2.67. The number of aryl methyl sites for hydroxylation is 1. The molecule has 1 aliphatic heterocycles. The van der Waals surface area contributed by atoms with Gasteiger partial charge in [-0.1, -0.05) is 12.1 Å². The highest BCUT2D eigenvalue weighted by Crippen LogP contribution is 2.18. The maximum absolute atomic E-state index is 9.57. The fourth-order valence-electron chi connectivity index (χ4n) is 2.76. The predicted octanol–water partition coefficient (Wildman–Crippen LogP) is 2.12. The maximum Gasteiger partial charge on any atom is 0.181 e. The third kappa shape index (κ3) is 2.33. The van der Waals surface area contributed by atoms with Gasteiger partial charge in [-0.05, 0) is 37.2 Å². The van der Waals surface area contributed by atoms with E-state index in [4.69, 9.17) is 12.2 Å². The van der Waals surface area contributed by atoms with Crippen molar-refractivity contribution in [3.05, 3.63) is 29.0 Å². The quantitative estimate of drug-likeness (QED) is 0.854. The molecule has 4 nitrogen and oxygen atoms in total. The molecule has 3 rings (SSSR count). The summed E-state index contributed by atoms with van der Waals surface area (Å²) in [4.78, 5) is 2.36. The van der Waals surface area contributed by atoms with Gasteiger partial charge in [-0.25, -0.2) is 0 Å². The molecule has 1 fully saturated rings. The van der Waals surface area contributed by atoms with Crippen LogP contribution in [-0.4, -0.2) is 38.3 Å². The zero-order valence-electron chi connectivity index (χ0n) is 11.1. The predicted molar refractivity (Wildman–Crippen MR) is 78.6 cm³/mol. The van der Waals surface area contributed by atoms with Gasteiger partial charge in [0.15, 0.2) is 4.77 Å². The number of nitrogens with zero attached hydrogens (tertiary/aromatic N) is 3. The van der Waals surface area contributed by atoms with Gasteiger partial charge in [-0.15, -0.1) is 0 Å². The van der Waals surface area contributed by atoms with Crippen molar-refractivity contribution in [3.63, 3.8) is 0 Å². The number of imidazole rings is 1. The van der Waals surface area contributed by atoms with Gasteiger partial charge in [0.05, 0.1) is 23.8 Å². The molecule has 5 heteroatoms. The largest absolute Gasteiger partial charge is 0.393 e. The van der Waals surface area contributed by atoms with Crippen LogP contribution in [0.4, 0.5) is 0 Å². The first-order chi connectivity index (χ1) is 9.16. The Kier molecular flexibility index (Phi) is 3.43. The number of aliphatic hydroxyl groups is 1. The lowest BCUT2D eigenvalue weighted by Gasteiger charge is -2.29. The molecule has 19 heavy (non-hydrogen) atoms. The van der Waals surface area contributed by atoms with Crippen molar-refractivity contribution in [3.8, 4) is 0 Å². The first kappa shape index (κ1) is 12.8. The highest BCUT2D eigenvalue weighted by Gasteiger charge is 2.18. The van der Waals surface area contributed by atoms with E-state index in [9.17, 15) is 5.11 Å². The number of hydrogen-bond donors (Lipinski definition) is 1. The summed E-state index contributed by atoms with van der Waals surface area (Å²) in [5.74, 6) is 0. The molecule has 1 aromatic heterocycles. The Labute approximate surface area is 117 Å². The molecule has 102 valence electrons. The molecule has 0 spiro atoms. The molecule has 1 aromatic carbocycles. The van der Waals surface area contributed by atoms with E-state index in [2.05, 4.69) is 26.2 Å². The van der Waals surface area contributed by atoms with Crippen LogP contribution in [0.15, 0.2) is 24.3 Å². The molecule has 0 bridgehead atoms. The Morgan fingerprint density at radius 3 is 2.53 bits per heavy atom. The number of hydrogen-bond acceptors (Lipinski definition) is 3. The van der Waals surface area contributed by atoms with Crippen molar-refractivity contribution in [2.45, 2.75) is 25.6 Å². The lowest BCUT2D eigenvalue weighted by molar-refractivity contribution is 0.0683. The van der Waals surface area contributed by atoms with Crippen molar-refractivity contribution in [1.29, 1.82) is 0 Å². The van der Waals surface area contributed by atoms with Crippen molar-refractivity contribution in [2.75, 3.05) is 13.1 Å². The fourth-order valence-corrected chi connectivity index (χ4v) is 3.02. The second kappa shape index (κ2) is 5.07. The number of rotatable bonds is 2. The summed E-state index contributed by atoms with van der Waals surface area (Å²) < 4.78 is 5.10. The van der Waals surface area contributed by atoms with E-state index in [1.165, 1.54) is 11.0 Å². The molecule has 1 saturated heterocycles. The molecule has 1 N–H and O–H groups in total. The summed E-state index contributed by atoms with van der Waals surface area (Å²) in [7, 11) is 2.02. The molecule has 0 amide bonds. The van der Waals surface area contributed by atoms with Gasteiger partial charge in [0.2, 0.25) is 0 Å². The summed E-state index contributed by atoms with van der Waals surface area (Å²) in [5, 5.41) is 9.57. The van der Waals surface area contributed by atoms with Crippen LogP contribution in [0, 0.1) is 4.77 Å². The van der Waals surface area contributed by atoms with E-state index < -0.39 is 0 Å². The molecule has 2 heterocycles. The molecule has 0 unspecified atom stereocenters. The first-order valence-corrected chi connectivity index (χ1v) is 7.12. The number of aliphatic hydroxyl groups excluding tert-OH is 1. The second-order valence-corrected chi connectivity index (χ2v) is 5.61. The molecular formula is C14H19N3OS. The van der Waals surface area contributed by atoms with Crippen molar-refractivity contribution < 1.29 is 5.11 Å². The summed E-state index contributed by atoms with van der Waals surface area (Å²) >= 11 is 5.54. The van der Waals surface area contributed by atoms with Crippen molar-refractivity contribution >= 4 is 23.3 Å². The van der Waals surface area contributed by atoms with E-state index in [1.54, 1.807) is 0 Å². The summed E-state index contributed by atoms with van der Waals surface area (Å²) in [6.07, 6.45) is 1.59. The number of para-hydroxylation sites is 2. The van der Waals surface area contributed by atoms with Crippen LogP contribution in [0.2, 0.25) is 0 Å². The van der Waals surface area contributed by atoms with Crippen LogP contribution in [0.5, 0.6) is 0 Å². The van der Waals surface area contributed by atoms with Gasteiger partial charge in [0.25, 0.3) is 0 Å². The van der Waals surface area contributed by atoms with Crippen molar-refractivity contribution in [1.82, 2.24) is 14.0 Å². The average molecular weight is 277 g/mol. The Hall–Kier alpha value is -1.17. The zero-order chi connectivity index (χ0) is 13.4. The minimum absolute atomic E-state index is 0.128. The molecule has 0 radical (unpaired) electrons. The second-order valence-electron chi connectivity index (χ2n) is 5.25. The molecule has 0 aliphatic carbocycles. The smallest absolute Gasteiger partial charge is 0.181 e. The Morgan fingerprint density at radius 1 is 1.21 bits per heavy atom. The minimum atomic E-state index is -0.128. The normalized spacial score (nSPS) is 18.2. The van der Waals surface area contributed by atoms with E-state index in [0.29, 0.717) is 0 Å². The standard InChI is InChI=1S/C14H19N3OS/c1-15-12-4-2-3-5-13(12)17(14(15)19)10-16-8-6-11(18)7-9-16/h2-5,11,18H,6-10H2,1H3. The number of benzene rings is 1. The maximum atomic E-state index is 9.57. The van der Waals surface area contributed by atoms with Gasteiger partial charge in [-0.2, -0.15) is 0 Å². The zero-order valence-corrected chi connectivity index (χ0v) is 11.9. The van der Waals surface area contributed by atoms with Gasteiger partial charge in [0, 0.05) is 20.1 Å². The van der Waals surface area contributed by atoms with Crippen LogP contribution in [0.1, 0.15) is 12.8 Å². The SMILES string of the molecule is Cn1c(=S)n(CN2CCC(O)CC2)c2ccccc21. The van der Waals surface area contributed by atoms with E-state index in [1.807, 2.05) is 19.2 Å². The number of likely N-dealkylation sites (tertiary alicyclic amines) is 1. The molecule has 2 aromatic rings. The fraction of sp³-hybridized carbons (Fsp3) is 0.500. The number of piperidine rings is 1. The van der Waals surface area contributed by atoms with Crippen LogP contribution in [-0.2, 0) is 13.7 Å². The van der Waals surface area contributed by atoms with Crippen LogP contribution in [0.3, 0.4) is 0 Å². The molecule has 1 aliphatic rings. The molecule has 0 saturated carbocycles. The van der Waals surface area contributed by atoms with Gasteiger partial charge in [0.1, 0.15) is 0 Å². The lowest BCUT2D eigenvalue weighted by atomic mass is 10.1. The van der Waals surface area contributed by atoms with Crippen molar-refractivity contribution in [2.24, 2.45) is 7.05 Å². The Bertz CT molecular complexity index is 638. The first-order valence-electron chi connectivity index (χ1n) is 6.71. The van der Waals surface area contributed by atoms with E-state index in [0.717, 1.165) is 37.4 Å². The van der Waals surface area contributed by atoms with Gasteiger partial charge >= 0.3 is 0 Å². The topological polar surface area (TPSA) is 33.3 Å². The Morgan fingerprint density at radius 2 is 1.84 bits per heavy atom. The van der Waals surface area contributed by atoms with Gasteiger partial charge < -0.3 is 14.2 Å². The third-order valence-corrected chi connectivity index (χ3v) is 4.44. The highest BCUT2D eigenvalue weighted by molar-refractivity contribution is 7.71. The van der Waals surface area contributed by atoms with Crippen LogP contribution in [0.25, 0.3) is 11.0 Å². The Balaban J connectivity index is 1.93. The number of fused-ring (bicyclic) bond motifs is 1. The summed E-state index contributed by atoms with van der Waals surface area (Å²) in [6.45, 7) is 2.69. The van der Waals surface area contributed by atoms with Crippen LogP contribution >= 0.6 is 12.2 Å². The molecule has 0 atom stereocenters. The van der Waals surface area contributed by atoms with Gasteiger partial charge in [-0.3, -0.25) is 4.90 Å². The lowest BCUT2D eigenvalue weighted by Crippen LogP contribution is -2.37. The third-order valence-electron chi connectivity index (χ3n) is 3.95. The number of aromatic nitrogens is 2. The van der Waals surface area contributed by atoms with Crippen LogP contribution < -0.4 is 0 Å². The monoisotopic (exact) mass is 277 g/mol. The van der Waals surface area contributed by atoms with E-state index in [-0.39, 0.29) is 6.10 Å².